The highest BCUT2D eigenvalue weighted by molar-refractivity contribution is 7.94. The van der Waals surface area contributed by atoms with Gasteiger partial charge in [-0.25, -0.2) is 16.8 Å². The summed E-state index contributed by atoms with van der Waals surface area (Å²) in [6.07, 6.45) is -3.58. The van der Waals surface area contributed by atoms with Gasteiger partial charge in [-0.2, -0.15) is 0 Å². The molecule has 2 aromatic carbocycles. The van der Waals surface area contributed by atoms with E-state index < -0.39 is 37.1 Å². The van der Waals surface area contributed by atoms with Gasteiger partial charge >= 0.3 is 6.36 Å². The minimum atomic E-state index is -4.95. The molecule has 15 heteroatoms. The van der Waals surface area contributed by atoms with Crippen molar-refractivity contribution in [3.63, 3.8) is 0 Å². The summed E-state index contributed by atoms with van der Waals surface area (Å²) in [6.45, 7) is 0. The summed E-state index contributed by atoms with van der Waals surface area (Å²) in [7, 11) is -8.49. The molecule has 0 amide bonds. The maximum Gasteiger partial charge on any atom is 0.573 e. The molecule has 0 atom stereocenters. The van der Waals surface area contributed by atoms with Crippen LogP contribution in [-0.2, 0) is 20.0 Å². The predicted octanol–water partition coefficient (Wildman–Crippen LogP) is 6.16. The van der Waals surface area contributed by atoms with Crippen LogP contribution in [0.25, 0.3) is 11.3 Å². The van der Waals surface area contributed by atoms with Gasteiger partial charge in [0, 0.05) is 5.56 Å². The van der Waals surface area contributed by atoms with Gasteiger partial charge in [0.05, 0.1) is 27.6 Å². The SMILES string of the molecule is O=S(=O)(Nc1cc(-c2ccco2)c(Cl)cc1NS(=O)(=O)c1cccs1)c1ccc(OC(F)(F)F)cc1. The third kappa shape index (κ3) is 5.95. The summed E-state index contributed by atoms with van der Waals surface area (Å²) in [5.74, 6) is -0.334. The molecule has 190 valence electrons. The first-order chi connectivity index (χ1) is 16.8. The number of ether oxygens (including phenoxy) is 1. The Labute approximate surface area is 212 Å². The van der Waals surface area contributed by atoms with Gasteiger partial charge in [0.1, 0.15) is 15.7 Å². The van der Waals surface area contributed by atoms with E-state index in [0.717, 1.165) is 35.6 Å². The number of halogens is 4. The zero-order valence-corrected chi connectivity index (χ0v) is 20.8. The number of sulfonamides is 2. The van der Waals surface area contributed by atoms with E-state index in [1.54, 1.807) is 17.5 Å². The van der Waals surface area contributed by atoms with Crippen LogP contribution in [0.2, 0.25) is 5.02 Å². The first-order valence-corrected chi connectivity index (χ1v) is 13.9. The van der Waals surface area contributed by atoms with Crippen molar-refractivity contribution in [2.24, 2.45) is 0 Å². The van der Waals surface area contributed by atoms with Crippen molar-refractivity contribution < 1.29 is 39.2 Å². The lowest BCUT2D eigenvalue weighted by Gasteiger charge is -2.16. The number of furan rings is 1. The van der Waals surface area contributed by atoms with Crippen LogP contribution in [0.4, 0.5) is 24.5 Å². The van der Waals surface area contributed by atoms with Gasteiger partial charge in [-0.1, -0.05) is 17.7 Å². The van der Waals surface area contributed by atoms with Crippen molar-refractivity contribution in [1.29, 1.82) is 0 Å². The van der Waals surface area contributed by atoms with E-state index in [1.807, 2.05) is 0 Å². The third-order valence-corrected chi connectivity index (χ3v) is 8.97. The molecule has 0 fully saturated rings. The molecule has 0 saturated carbocycles. The lowest BCUT2D eigenvalue weighted by atomic mass is 10.1. The topological polar surface area (TPSA) is 115 Å². The molecule has 36 heavy (non-hydrogen) atoms. The zero-order valence-electron chi connectivity index (χ0n) is 17.6. The predicted molar refractivity (Wildman–Crippen MR) is 128 cm³/mol. The van der Waals surface area contributed by atoms with E-state index >= 15 is 0 Å². The van der Waals surface area contributed by atoms with Gasteiger partial charge in [-0.05, 0) is 60.0 Å². The smallest absolute Gasteiger partial charge is 0.464 e. The molecule has 4 aromatic rings. The lowest BCUT2D eigenvalue weighted by molar-refractivity contribution is -0.274. The summed E-state index contributed by atoms with van der Waals surface area (Å²) in [4.78, 5) is -0.404. The fourth-order valence-corrected chi connectivity index (χ4v) is 6.39. The normalized spacial score (nSPS) is 12.3. The molecule has 0 saturated heterocycles. The van der Waals surface area contributed by atoms with Crippen molar-refractivity contribution in [1.82, 2.24) is 0 Å². The molecule has 2 aromatic heterocycles. The molecular weight excluding hydrogens is 565 g/mol. The van der Waals surface area contributed by atoms with Crippen LogP contribution in [0, 0.1) is 0 Å². The summed E-state index contributed by atoms with van der Waals surface area (Å²) in [5.41, 5.74) is -0.141. The number of rotatable bonds is 8. The maximum atomic E-state index is 13.0. The molecule has 0 unspecified atom stereocenters. The second kappa shape index (κ2) is 9.69. The minimum Gasteiger partial charge on any atom is -0.464 e. The van der Waals surface area contributed by atoms with Gasteiger partial charge in [0.2, 0.25) is 0 Å². The highest BCUT2D eigenvalue weighted by Gasteiger charge is 2.31. The summed E-state index contributed by atoms with van der Waals surface area (Å²) in [6, 6.07) is 12.0. The van der Waals surface area contributed by atoms with Gasteiger partial charge in [-0.3, -0.25) is 9.44 Å². The largest absolute Gasteiger partial charge is 0.573 e. The van der Waals surface area contributed by atoms with Crippen molar-refractivity contribution >= 4 is 54.4 Å². The molecule has 0 bridgehead atoms. The Bertz CT molecular complexity index is 1570. The van der Waals surface area contributed by atoms with Crippen LogP contribution < -0.4 is 14.2 Å². The van der Waals surface area contributed by atoms with E-state index in [-0.39, 0.29) is 31.9 Å². The first kappa shape index (κ1) is 25.9. The molecule has 0 aliphatic rings. The molecular formula is C21H14ClF3N2O6S3. The quantitative estimate of drug-likeness (QED) is 0.259. The van der Waals surface area contributed by atoms with Gasteiger partial charge in [0.15, 0.2) is 0 Å². The Morgan fingerprint density at radius 2 is 1.56 bits per heavy atom. The van der Waals surface area contributed by atoms with Gasteiger partial charge in [0.25, 0.3) is 20.0 Å². The monoisotopic (exact) mass is 578 g/mol. The van der Waals surface area contributed by atoms with E-state index in [2.05, 4.69) is 14.2 Å². The van der Waals surface area contributed by atoms with Crippen LogP contribution in [0.1, 0.15) is 0 Å². The van der Waals surface area contributed by atoms with Crippen LogP contribution in [0.5, 0.6) is 5.75 Å². The Morgan fingerprint density at radius 1 is 0.889 bits per heavy atom. The van der Waals surface area contributed by atoms with E-state index in [1.165, 1.54) is 30.5 Å². The Kier molecular flexibility index (Phi) is 6.96. The number of nitrogens with one attached hydrogen (secondary N) is 2. The molecule has 0 spiro atoms. The standard InChI is InChI=1S/C21H14ClF3N2O6S3/c22-16-12-18(27-36(30,31)20-4-2-10-34-20)17(11-15(16)19-3-1-9-32-19)26-35(28,29)14-7-5-13(6-8-14)33-21(23,24)25/h1-12,26-27H. The average molecular weight is 579 g/mol. The first-order valence-electron chi connectivity index (χ1n) is 9.66. The van der Waals surface area contributed by atoms with Crippen LogP contribution in [0.3, 0.4) is 0 Å². The highest BCUT2D eigenvalue weighted by atomic mass is 35.5. The summed E-state index contributed by atoms with van der Waals surface area (Å²) in [5, 5.41) is 1.61. The van der Waals surface area contributed by atoms with Crippen molar-refractivity contribution in [2.75, 3.05) is 9.44 Å². The zero-order chi connectivity index (χ0) is 26.1. The van der Waals surface area contributed by atoms with E-state index in [4.69, 9.17) is 16.0 Å². The summed E-state index contributed by atoms with van der Waals surface area (Å²) < 4.78 is 102. The number of thiophene rings is 1. The molecule has 8 nitrogen and oxygen atoms in total. The van der Waals surface area contributed by atoms with Crippen LogP contribution >= 0.6 is 22.9 Å². The van der Waals surface area contributed by atoms with Crippen LogP contribution in [0.15, 0.2) is 85.8 Å². The number of alkyl halides is 3. The molecule has 0 radical (unpaired) electrons. The minimum absolute atomic E-state index is 0.0252. The second-order valence-electron chi connectivity index (χ2n) is 7.02. The summed E-state index contributed by atoms with van der Waals surface area (Å²) >= 11 is 7.28. The maximum absolute atomic E-state index is 13.0. The molecule has 2 N–H and O–H groups in total. The Balaban J connectivity index is 1.73. The second-order valence-corrected chi connectivity index (χ2v) is 12.0. The van der Waals surface area contributed by atoms with Crippen molar-refractivity contribution in [3.05, 3.63) is 77.3 Å². The lowest BCUT2D eigenvalue weighted by Crippen LogP contribution is -2.18. The van der Waals surface area contributed by atoms with Crippen LogP contribution in [-0.4, -0.2) is 23.2 Å². The fourth-order valence-electron chi connectivity index (χ4n) is 3.00. The van der Waals surface area contributed by atoms with E-state index in [0.29, 0.717) is 0 Å². The number of anilines is 2. The molecule has 0 aliphatic heterocycles. The molecule has 2 heterocycles. The fraction of sp³-hybridized carbons (Fsp3) is 0.0476. The molecule has 4 rings (SSSR count). The Morgan fingerprint density at radius 3 is 2.14 bits per heavy atom. The molecule has 0 aliphatic carbocycles. The number of hydrogen-bond donors (Lipinski definition) is 2. The van der Waals surface area contributed by atoms with E-state index in [9.17, 15) is 30.0 Å². The van der Waals surface area contributed by atoms with Gasteiger partial charge < -0.3 is 9.15 Å². The third-order valence-electron chi connectivity index (χ3n) is 4.51. The average Bonchev–Trinajstić information content (AvgIpc) is 3.49. The highest BCUT2D eigenvalue weighted by Crippen LogP contribution is 2.38. The van der Waals surface area contributed by atoms with Gasteiger partial charge in [-0.15, -0.1) is 24.5 Å². The van der Waals surface area contributed by atoms with Crippen molar-refractivity contribution in [2.45, 2.75) is 15.5 Å². The number of hydrogen-bond acceptors (Lipinski definition) is 7. The Hall–Kier alpha value is -3.20. The number of benzene rings is 2. The van der Waals surface area contributed by atoms with Crippen molar-refractivity contribution in [3.8, 4) is 17.1 Å².